The van der Waals surface area contributed by atoms with E-state index in [4.69, 9.17) is 0 Å². The average Bonchev–Trinajstić information content (AvgIpc) is 3.76. The van der Waals surface area contributed by atoms with Crippen LogP contribution in [0.25, 0.3) is 23.3 Å². The Balaban J connectivity index is 1.01. The molecule has 6 unspecified atom stereocenters. The van der Waals surface area contributed by atoms with Crippen LogP contribution in [-0.2, 0) is 0 Å². The SMILES string of the molecule is C1=CC2=CC=C(C3=CC4c5ccc6c7c5=C(CCC=7C5C=C(C7C=c8ccccc8=CC7)SC65)C4S3)CC2CC1. The molecular weight excluding hydrogens is 521 g/mol. The summed E-state index contributed by atoms with van der Waals surface area (Å²) >= 11 is 4.38. The van der Waals surface area contributed by atoms with Crippen molar-refractivity contribution < 1.29 is 0 Å². The Kier molecular flexibility index (Phi) is 4.83. The molecule has 0 saturated heterocycles. The molecule has 0 spiro atoms. The van der Waals surface area contributed by atoms with Crippen molar-refractivity contribution in [1.29, 1.82) is 0 Å². The zero-order chi connectivity index (χ0) is 25.9. The van der Waals surface area contributed by atoms with Crippen molar-refractivity contribution in [3.63, 3.8) is 0 Å². The molecule has 0 bridgehead atoms. The van der Waals surface area contributed by atoms with Crippen molar-refractivity contribution >= 4 is 46.8 Å². The van der Waals surface area contributed by atoms with Crippen molar-refractivity contribution in [3.05, 3.63) is 126 Å². The van der Waals surface area contributed by atoms with Crippen molar-refractivity contribution in [2.75, 3.05) is 0 Å². The van der Waals surface area contributed by atoms with Crippen LogP contribution < -0.4 is 20.9 Å². The molecule has 6 atom stereocenters. The first kappa shape index (κ1) is 22.9. The molecule has 6 aliphatic carbocycles. The average molecular weight is 553 g/mol. The second-order valence-electron chi connectivity index (χ2n) is 12.9. The first-order valence-corrected chi connectivity index (χ1v) is 17.1. The lowest BCUT2D eigenvalue weighted by molar-refractivity contribution is 0.556. The molecule has 8 aliphatic rings. The molecule has 0 saturated carbocycles. The molecule has 2 heterocycles. The molecule has 0 fully saturated rings. The Morgan fingerprint density at radius 1 is 0.750 bits per heavy atom. The highest BCUT2D eigenvalue weighted by Gasteiger charge is 2.46. The Labute approximate surface area is 244 Å². The third-order valence-electron chi connectivity index (χ3n) is 10.9. The van der Waals surface area contributed by atoms with Gasteiger partial charge in [-0.25, -0.2) is 0 Å². The lowest BCUT2D eigenvalue weighted by Crippen LogP contribution is -2.34. The summed E-state index contributed by atoms with van der Waals surface area (Å²) in [6.45, 7) is 0. The zero-order valence-corrected chi connectivity index (χ0v) is 24.2. The van der Waals surface area contributed by atoms with Gasteiger partial charge in [0.05, 0.1) is 0 Å². The van der Waals surface area contributed by atoms with E-state index in [0.717, 1.165) is 12.3 Å². The number of hydrogen-bond acceptors (Lipinski definition) is 2. The summed E-state index contributed by atoms with van der Waals surface area (Å²) in [7, 11) is 0. The first-order valence-electron chi connectivity index (χ1n) is 15.3. The number of rotatable bonds is 2. The maximum atomic E-state index is 2.69. The summed E-state index contributed by atoms with van der Waals surface area (Å²) < 4.78 is 0. The van der Waals surface area contributed by atoms with Gasteiger partial charge in [-0.05, 0) is 98.1 Å². The third-order valence-corrected chi connectivity index (χ3v) is 13.9. The minimum atomic E-state index is 0.540. The van der Waals surface area contributed by atoms with E-state index >= 15 is 0 Å². The minimum absolute atomic E-state index is 0.540. The normalized spacial score (nSPS) is 33.5. The smallest absolute Gasteiger partial charge is 0.0448 e. The van der Waals surface area contributed by atoms with Gasteiger partial charge in [0.15, 0.2) is 0 Å². The van der Waals surface area contributed by atoms with Gasteiger partial charge in [0, 0.05) is 33.2 Å². The van der Waals surface area contributed by atoms with Crippen LogP contribution in [0.2, 0.25) is 0 Å². The summed E-state index contributed by atoms with van der Waals surface area (Å²) in [6.07, 6.45) is 27.3. The van der Waals surface area contributed by atoms with E-state index in [2.05, 4.69) is 109 Å². The van der Waals surface area contributed by atoms with Crippen LogP contribution in [0.4, 0.5) is 0 Å². The minimum Gasteiger partial charge on any atom is -0.121 e. The lowest BCUT2D eigenvalue weighted by Gasteiger charge is -2.26. The number of thioether (sulfide) groups is 2. The molecular formula is C38H32S2. The monoisotopic (exact) mass is 552 g/mol. The maximum absolute atomic E-state index is 2.69. The molecule has 196 valence electrons. The molecule has 0 aromatic heterocycles. The number of benzene rings is 2. The largest absolute Gasteiger partial charge is 0.121 e. The van der Waals surface area contributed by atoms with Gasteiger partial charge in [-0.2, -0.15) is 0 Å². The Morgan fingerprint density at radius 3 is 2.60 bits per heavy atom. The summed E-state index contributed by atoms with van der Waals surface area (Å²) in [5.74, 6) is 2.44. The molecule has 40 heavy (non-hydrogen) atoms. The number of hydrogen-bond donors (Lipinski definition) is 0. The molecule has 0 N–H and O–H groups in total. The quantitative estimate of drug-likeness (QED) is 0.408. The molecule has 0 nitrogen and oxygen atoms in total. The van der Waals surface area contributed by atoms with Gasteiger partial charge in [0.2, 0.25) is 0 Å². The van der Waals surface area contributed by atoms with Crippen LogP contribution in [0.15, 0.2) is 93.8 Å². The fourth-order valence-corrected chi connectivity index (χ4v) is 12.1. The summed E-state index contributed by atoms with van der Waals surface area (Å²) in [6, 6.07) is 14.0. The van der Waals surface area contributed by atoms with E-state index in [1.807, 2.05) is 0 Å². The molecule has 2 aromatic rings. The molecule has 10 rings (SSSR count). The highest BCUT2D eigenvalue weighted by Crippen LogP contribution is 2.59. The molecule has 2 aliphatic heterocycles. The topological polar surface area (TPSA) is 0 Å². The number of allylic oxidation sites excluding steroid dienone is 9. The van der Waals surface area contributed by atoms with Crippen molar-refractivity contribution in [3.8, 4) is 0 Å². The Morgan fingerprint density at radius 2 is 1.62 bits per heavy atom. The Bertz CT molecular complexity index is 1940. The summed E-state index contributed by atoms with van der Waals surface area (Å²) in [4.78, 5) is 3.19. The summed E-state index contributed by atoms with van der Waals surface area (Å²) in [5, 5.41) is 7.40. The van der Waals surface area contributed by atoms with Gasteiger partial charge in [0.25, 0.3) is 0 Å². The van der Waals surface area contributed by atoms with E-state index in [-0.39, 0.29) is 0 Å². The van der Waals surface area contributed by atoms with Crippen LogP contribution in [0.1, 0.15) is 60.8 Å². The van der Waals surface area contributed by atoms with Gasteiger partial charge in [-0.15, -0.1) is 23.5 Å². The predicted octanol–water partition coefficient (Wildman–Crippen LogP) is 6.68. The van der Waals surface area contributed by atoms with Crippen molar-refractivity contribution in [1.82, 2.24) is 0 Å². The first-order chi connectivity index (χ1) is 19.8. The predicted molar refractivity (Wildman–Crippen MR) is 171 cm³/mol. The fraction of sp³-hybridized carbons (Fsp3) is 0.316. The van der Waals surface area contributed by atoms with E-state index in [1.165, 1.54) is 42.5 Å². The molecule has 0 amide bonds. The van der Waals surface area contributed by atoms with Crippen LogP contribution in [-0.4, -0.2) is 5.25 Å². The highest BCUT2D eigenvalue weighted by molar-refractivity contribution is 8.04. The van der Waals surface area contributed by atoms with Gasteiger partial charge in [-0.1, -0.05) is 90.6 Å². The van der Waals surface area contributed by atoms with E-state index in [1.54, 1.807) is 53.7 Å². The van der Waals surface area contributed by atoms with Crippen molar-refractivity contribution in [2.45, 2.75) is 54.9 Å². The second-order valence-corrected chi connectivity index (χ2v) is 15.3. The van der Waals surface area contributed by atoms with Crippen LogP contribution in [0.5, 0.6) is 0 Å². The van der Waals surface area contributed by atoms with E-state index in [9.17, 15) is 0 Å². The van der Waals surface area contributed by atoms with Crippen molar-refractivity contribution in [2.24, 2.45) is 17.8 Å². The van der Waals surface area contributed by atoms with Crippen LogP contribution in [0, 0.1) is 17.8 Å². The maximum Gasteiger partial charge on any atom is 0.0448 e. The fourth-order valence-electron chi connectivity index (χ4n) is 9.01. The Hall–Kier alpha value is -2.68. The zero-order valence-electron chi connectivity index (χ0n) is 22.6. The lowest BCUT2D eigenvalue weighted by atomic mass is 9.80. The summed E-state index contributed by atoms with van der Waals surface area (Å²) in [5.41, 5.74) is 9.95. The van der Waals surface area contributed by atoms with Gasteiger partial charge in [0.1, 0.15) is 0 Å². The van der Waals surface area contributed by atoms with E-state index in [0.29, 0.717) is 28.3 Å². The molecule has 0 radical (unpaired) electrons. The standard InChI is InChI=1S/C38H32S2/c1-3-7-23-17-25(11-9-21(23)5-1)33-19-31-27-13-16-30-36-28(14-15-29(35(27)36)37(31)39-33)32-20-34(40-38(30)32)26-12-10-22-6-2-4-8-24(22)18-26/h1-3,5-7,9-10,12,14-15,17,19-20,24-25,31-32,37-38H,4,8,11,13,16,18H2. The van der Waals surface area contributed by atoms with Gasteiger partial charge < -0.3 is 0 Å². The van der Waals surface area contributed by atoms with Gasteiger partial charge >= 0.3 is 0 Å². The third kappa shape index (κ3) is 3.13. The van der Waals surface area contributed by atoms with E-state index < -0.39 is 0 Å². The van der Waals surface area contributed by atoms with Gasteiger partial charge in [-0.3, -0.25) is 0 Å². The highest BCUT2D eigenvalue weighted by atomic mass is 32.2. The molecule has 2 heteroatoms. The second kappa shape index (κ2) is 8.43. The van der Waals surface area contributed by atoms with Crippen LogP contribution >= 0.6 is 23.5 Å². The molecule has 2 aromatic carbocycles. The van der Waals surface area contributed by atoms with Crippen LogP contribution in [0.3, 0.4) is 0 Å². The number of fused-ring (bicyclic) bond motifs is 8.